The van der Waals surface area contributed by atoms with Crippen LogP contribution >= 0.6 is 0 Å². The van der Waals surface area contributed by atoms with Gasteiger partial charge in [-0.25, -0.2) is 18.1 Å². The molecule has 0 aliphatic heterocycles. The summed E-state index contributed by atoms with van der Waals surface area (Å²) in [6, 6.07) is 2.84. The van der Waals surface area contributed by atoms with Crippen LogP contribution in [0.15, 0.2) is 23.2 Å². The molecule has 0 radical (unpaired) electrons. The summed E-state index contributed by atoms with van der Waals surface area (Å²) in [5, 5.41) is 2.76. The summed E-state index contributed by atoms with van der Waals surface area (Å²) in [5.41, 5.74) is 0. The highest BCUT2D eigenvalue weighted by atomic mass is 32.2. The third kappa shape index (κ3) is 4.41. The minimum absolute atomic E-state index is 0.138. The third-order valence-electron chi connectivity index (χ3n) is 1.98. The van der Waals surface area contributed by atoms with Gasteiger partial charge in [0.15, 0.2) is 0 Å². The number of nitrogens with one attached hydrogen (secondary N) is 2. The zero-order valence-electron chi connectivity index (χ0n) is 9.63. The summed E-state index contributed by atoms with van der Waals surface area (Å²) in [5.74, 6) is 0.773. The molecule has 0 fully saturated rings. The average molecular weight is 277 g/mol. The first-order valence-electron chi connectivity index (χ1n) is 4.89. The average Bonchev–Trinajstić information content (AvgIpc) is 2.28. The lowest BCUT2D eigenvalue weighted by Crippen LogP contribution is -2.27. The molecule has 6 nitrogen and oxygen atoms in total. The Hall–Kier alpha value is -0.990. The maximum Gasteiger partial charge on any atom is 0.240 e. The predicted octanol–water partition coefficient (Wildman–Crippen LogP) is -0.220. The Balaban J connectivity index is 2.78. The lowest BCUT2D eigenvalue weighted by atomic mass is 10.5. The highest BCUT2D eigenvalue weighted by Gasteiger charge is 2.14. The van der Waals surface area contributed by atoms with E-state index in [1.54, 1.807) is 7.05 Å². The Morgan fingerprint density at radius 1 is 1.47 bits per heavy atom. The van der Waals surface area contributed by atoms with E-state index < -0.39 is 20.8 Å². The Bertz CT molecular complexity index is 502. The maximum atomic E-state index is 11.8. The number of rotatable bonds is 6. The lowest BCUT2D eigenvalue weighted by molar-refractivity contribution is 0.584. The van der Waals surface area contributed by atoms with E-state index in [4.69, 9.17) is 0 Å². The third-order valence-corrected chi connectivity index (χ3v) is 4.22. The fourth-order valence-electron chi connectivity index (χ4n) is 1.12. The molecule has 1 rings (SSSR count). The molecule has 96 valence electrons. The molecule has 2 N–H and O–H groups in total. The zero-order valence-corrected chi connectivity index (χ0v) is 11.3. The Morgan fingerprint density at radius 3 is 2.76 bits per heavy atom. The van der Waals surface area contributed by atoms with Gasteiger partial charge < -0.3 is 5.32 Å². The van der Waals surface area contributed by atoms with Crippen molar-refractivity contribution in [3.05, 3.63) is 18.3 Å². The van der Waals surface area contributed by atoms with Gasteiger partial charge in [-0.1, -0.05) is 0 Å². The molecule has 1 atom stereocenters. The van der Waals surface area contributed by atoms with Gasteiger partial charge in [-0.05, 0) is 6.07 Å². The van der Waals surface area contributed by atoms with Crippen molar-refractivity contribution >= 4 is 26.6 Å². The van der Waals surface area contributed by atoms with Gasteiger partial charge in [-0.15, -0.1) is 0 Å². The van der Waals surface area contributed by atoms with Gasteiger partial charge in [0, 0.05) is 48.7 Å². The van der Waals surface area contributed by atoms with E-state index in [-0.39, 0.29) is 11.4 Å². The molecule has 1 heterocycles. The second-order valence-corrected chi connectivity index (χ2v) is 6.62. The minimum atomic E-state index is -3.55. The van der Waals surface area contributed by atoms with E-state index in [2.05, 4.69) is 15.0 Å². The molecular weight excluding hydrogens is 262 g/mol. The molecule has 1 aromatic rings. The van der Waals surface area contributed by atoms with E-state index in [9.17, 15) is 12.6 Å². The van der Waals surface area contributed by atoms with Crippen molar-refractivity contribution < 1.29 is 12.6 Å². The van der Waals surface area contributed by atoms with Crippen LogP contribution in [0.3, 0.4) is 0 Å². The summed E-state index contributed by atoms with van der Waals surface area (Å²) in [4.78, 5) is 4.07. The van der Waals surface area contributed by atoms with E-state index in [1.165, 1.54) is 24.6 Å². The van der Waals surface area contributed by atoms with E-state index in [1.807, 2.05) is 0 Å². The van der Waals surface area contributed by atoms with Crippen molar-refractivity contribution in [1.29, 1.82) is 0 Å². The van der Waals surface area contributed by atoms with Gasteiger partial charge in [-0.3, -0.25) is 4.21 Å². The highest BCUT2D eigenvalue weighted by Crippen LogP contribution is 2.11. The van der Waals surface area contributed by atoms with Crippen LogP contribution in [-0.2, 0) is 20.8 Å². The molecule has 1 unspecified atom stereocenters. The topological polar surface area (TPSA) is 88.2 Å². The van der Waals surface area contributed by atoms with Crippen molar-refractivity contribution in [1.82, 2.24) is 9.71 Å². The number of aromatic nitrogens is 1. The van der Waals surface area contributed by atoms with Crippen molar-refractivity contribution in [2.45, 2.75) is 4.90 Å². The van der Waals surface area contributed by atoms with Crippen molar-refractivity contribution in [2.24, 2.45) is 0 Å². The van der Waals surface area contributed by atoms with Crippen LogP contribution in [-0.4, -0.2) is 43.2 Å². The van der Waals surface area contributed by atoms with E-state index >= 15 is 0 Å². The normalized spacial score (nSPS) is 13.3. The smallest absolute Gasteiger partial charge is 0.240 e. The number of anilines is 1. The summed E-state index contributed by atoms with van der Waals surface area (Å²) in [6.07, 6.45) is 2.94. The van der Waals surface area contributed by atoms with Crippen LogP contribution in [0.4, 0.5) is 5.82 Å². The quantitative estimate of drug-likeness (QED) is 0.750. The Morgan fingerprint density at radius 2 is 2.18 bits per heavy atom. The fraction of sp³-hybridized carbons (Fsp3) is 0.444. The maximum absolute atomic E-state index is 11.8. The Labute approximate surface area is 103 Å². The molecule has 0 aliphatic rings. The van der Waals surface area contributed by atoms with Crippen LogP contribution in [0.5, 0.6) is 0 Å². The molecule has 0 bridgehead atoms. The minimum Gasteiger partial charge on any atom is -0.373 e. The standard InChI is InChI=1S/C9H15N3O3S2/c1-10-9-7-8(3-4-11-9)17(14,15)12-5-6-16(2)13/h3-4,7,12H,5-6H2,1-2H3,(H,10,11). The van der Waals surface area contributed by atoms with Crippen LogP contribution in [0, 0.1) is 0 Å². The first-order valence-corrected chi connectivity index (χ1v) is 8.10. The largest absolute Gasteiger partial charge is 0.373 e. The molecule has 8 heteroatoms. The van der Waals surface area contributed by atoms with Crippen LogP contribution < -0.4 is 10.0 Å². The summed E-state index contributed by atoms with van der Waals surface area (Å²) in [6.45, 7) is 0.155. The molecule has 0 amide bonds. The molecule has 0 saturated carbocycles. The van der Waals surface area contributed by atoms with Gasteiger partial charge in [0.1, 0.15) is 5.82 Å². The van der Waals surface area contributed by atoms with Crippen LogP contribution in [0.2, 0.25) is 0 Å². The molecule has 0 saturated heterocycles. The molecule has 0 aliphatic carbocycles. The molecule has 0 spiro atoms. The zero-order chi connectivity index (χ0) is 12.9. The monoisotopic (exact) mass is 277 g/mol. The highest BCUT2D eigenvalue weighted by molar-refractivity contribution is 7.89. The second-order valence-electron chi connectivity index (χ2n) is 3.30. The van der Waals surface area contributed by atoms with Crippen LogP contribution in [0.25, 0.3) is 0 Å². The number of pyridine rings is 1. The summed E-state index contributed by atoms with van der Waals surface area (Å²) in [7, 11) is -2.91. The molecule has 0 aromatic carbocycles. The first-order chi connectivity index (χ1) is 7.95. The number of sulfonamides is 1. The predicted molar refractivity (Wildman–Crippen MR) is 67.9 cm³/mol. The van der Waals surface area contributed by atoms with Gasteiger partial charge in [0.2, 0.25) is 10.0 Å². The first kappa shape index (κ1) is 14.1. The molecule has 17 heavy (non-hydrogen) atoms. The van der Waals surface area contributed by atoms with Crippen molar-refractivity contribution in [2.75, 3.05) is 30.9 Å². The van der Waals surface area contributed by atoms with Gasteiger partial charge >= 0.3 is 0 Å². The number of hydrogen-bond acceptors (Lipinski definition) is 5. The second kappa shape index (κ2) is 6.08. The van der Waals surface area contributed by atoms with Gasteiger partial charge in [0.25, 0.3) is 0 Å². The van der Waals surface area contributed by atoms with Gasteiger partial charge in [0.05, 0.1) is 4.90 Å². The SMILES string of the molecule is CNc1cc(S(=O)(=O)NCCS(C)=O)ccn1. The van der Waals surface area contributed by atoms with Gasteiger partial charge in [-0.2, -0.15) is 0 Å². The lowest BCUT2D eigenvalue weighted by Gasteiger charge is -2.07. The molecular formula is C9H15N3O3S2. The van der Waals surface area contributed by atoms with E-state index in [0.717, 1.165) is 0 Å². The van der Waals surface area contributed by atoms with Crippen molar-refractivity contribution in [3.63, 3.8) is 0 Å². The fourth-order valence-corrected chi connectivity index (χ4v) is 2.68. The number of nitrogens with zero attached hydrogens (tertiary/aromatic N) is 1. The van der Waals surface area contributed by atoms with Crippen LogP contribution in [0.1, 0.15) is 0 Å². The van der Waals surface area contributed by atoms with Crippen molar-refractivity contribution in [3.8, 4) is 0 Å². The Kier molecular flexibility index (Phi) is 5.03. The summed E-state index contributed by atoms with van der Waals surface area (Å²) >= 11 is 0. The molecule has 1 aromatic heterocycles. The summed E-state index contributed by atoms with van der Waals surface area (Å²) < 4.78 is 36.8. The number of hydrogen-bond donors (Lipinski definition) is 2. The van der Waals surface area contributed by atoms with E-state index in [0.29, 0.717) is 11.6 Å².